The van der Waals surface area contributed by atoms with Gasteiger partial charge < -0.3 is 15.7 Å². The molecule has 1 aliphatic heterocycles. The highest BCUT2D eigenvalue weighted by Gasteiger charge is 2.31. The number of hydrogen-bond acceptors (Lipinski definition) is 3. The minimum Gasteiger partial charge on any atom is -0.394 e. The zero-order valence-corrected chi connectivity index (χ0v) is 8.07. The van der Waals surface area contributed by atoms with Crippen LogP contribution in [0.15, 0.2) is 0 Å². The third kappa shape index (κ3) is 2.42. The smallest absolute Gasteiger partial charge is 0.224 e. The molecule has 1 aliphatic rings. The number of nitrogens with zero attached hydrogens (tertiary/aromatic N) is 1. The average molecular weight is 186 g/mol. The molecule has 4 nitrogen and oxygen atoms in total. The second kappa shape index (κ2) is 4.58. The van der Waals surface area contributed by atoms with E-state index in [0.29, 0.717) is 13.0 Å². The predicted molar refractivity (Wildman–Crippen MR) is 50.1 cm³/mol. The van der Waals surface area contributed by atoms with Crippen molar-refractivity contribution in [3.05, 3.63) is 0 Å². The lowest BCUT2D eigenvalue weighted by Crippen LogP contribution is -2.40. The number of amides is 1. The van der Waals surface area contributed by atoms with Crippen LogP contribution >= 0.6 is 0 Å². The van der Waals surface area contributed by atoms with Crippen LogP contribution in [0.3, 0.4) is 0 Å². The molecule has 0 aromatic heterocycles. The van der Waals surface area contributed by atoms with E-state index in [2.05, 4.69) is 0 Å². The Morgan fingerprint density at radius 3 is 2.85 bits per heavy atom. The van der Waals surface area contributed by atoms with Crippen molar-refractivity contribution in [2.45, 2.75) is 38.3 Å². The first-order valence-corrected chi connectivity index (χ1v) is 4.85. The van der Waals surface area contributed by atoms with Crippen LogP contribution < -0.4 is 5.73 Å². The monoisotopic (exact) mass is 186 g/mol. The summed E-state index contributed by atoms with van der Waals surface area (Å²) in [6.45, 7) is 2.69. The fourth-order valence-electron chi connectivity index (χ4n) is 1.79. The van der Waals surface area contributed by atoms with Gasteiger partial charge in [0.05, 0.1) is 12.6 Å². The predicted octanol–water partition coefficient (Wildman–Crippen LogP) is -0.293. The number of aliphatic hydroxyl groups is 1. The number of rotatable bonds is 4. The van der Waals surface area contributed by atoms with Crippen LogP contribution in [-0.2, 0) is 4.79 Å². The summed E-state index contributed by atoms with van der Waals surface area (Å²) in [5, 5.41) is 9.09. The first-order valence-electron chi connectivity index (χ1n) is 4.85. The molecule has 2 atom stereocenters. The van der Waals surface area contributed by atoms with Crippen LogP contribution in [0.5, 0.6) is 0 Å². The maximum atomic E-state index is 11.4. The molecule has 1 rings (SSSR count). The molecule has 0 bridgehead atoms. The summed E-state index contributed by atoms with van der Waals surface area (Å²) in [4.78, 5) is 13.1. The Labute approximate surface area is 78.7 Å². The molecule has 1 amide bonds. The quantitative estimate of drug-likeness (QED) is 0.634. The standard InChI is InChI=1S/C9H18N2O2/c1-2-3-8(6-12)11-5-7(10)4-9(11)13/h7-8,12H,2-6,10H2,1H3. The lowest BCUT2D eigenvalue weighted by molar-refractivity contribution is -0.130. The molecule has 4 heteroatoms. The van der Waals surface area contributed by atoms with Crippen molar-refractivity contribution in [3.8, 4) is 0 Å². The molecule has 1 fully saturated rings. The van der Waals surface area contributed by atoms with Gasteiger partial charge in [-0.1, -0.05) is 13.3 Å². The van der Waals surface area contributed by atoms with Gasteiger partial charge in [-0.05, 0) is 6.42 Å². The third-order valence-electron chi connectivity index (χ3n) is 2.46. The van der Waals surface area contributed by atoms with E-state index in [4.69, 9.17) is 10.8 Å². The Hall–Kier alpha value is -0.610. The molecule has 1 heterocycles. The molecule has 76 valence electrons. The fraction of sp³-hybridized carbons (Fsp3) is 0.889. The summed E-state index contributed by atoms with van der Waals surface area (Å²) in [7, 11) is 0. The summed E-state index contributed by atoms with van der Waals surface area (Å²) in [5.41, 5.74) is 5.66. The number of aliphatic hydroxyl groups excluding tert-OH is 1. The van der Waals surface area contributed by atoms with Crippen LogP contribution in [0, 0.1) is 0 Å². The van der Waals surface area contributed by atoms with Crippen molar-refractivity contribution < 1.29 is 9.90 Å². The van der Waals surface area contributed by atoms with Gasteiger partial charge in [-0.3, -0.25) is 4.79 Å². The van der Waals surface area contributed by atoms with Gasteiger partial charge >= 0.3 is 0 Å². The molecule has 2 unspecified atom stereocenters. The second-order valence-corrected chi connectivity index (χ2v) is 3.64. The molecular formula is C9H18N2O2. The number of nitrogens with two attached hydrogens (primary N) is 1. The van der Waals surface area contributed by atoms with E-state index < -0.39 is 0 Å². The summed E-state index contributed by atoms with van der Waals surface area (Å²) >= 11 is 0. The average Bonchev–Trinajstić information content (AvgIpc) is 2.41. The van der Waals surface area contributed by atoms with E-state index in [1.165, 1.54) is 0 Å². The van der Waals surface area contributed by atoms with Crippen LogP contribution in [0.4, 0.5) is 0 Å². The van der Waals surface area contributed by atoms with E-state index in [1.807, 2.05) is 6.92 Å². The van der Waals surface area contributed by atoms with Crippen LogP contribution in [0.1, 0.15) is 26.2 Å². The maximum absolute atomic E-state index is 11.4. The van der Waals surface area contributed by atoms with Crippen molar-refractivity contribution in [2.24, 2.45) is 5.73 Å². The summed E-state index contributed by atoms with van der Waals surface area (Å²) in [6, 6.07) is -0.0653. The number of carbonyl (C=O) groups excluding carboxylic acids is 1. The topological polar surface area (TPSA) is 66.6 Å². The Bertz CT molecular complexity index is 184. The van der Waals surface area contributed by atoms with Gasteiger partial charge in [0, 0.05) is 19.0 Å². The number of likely N-dealkylation sites (tertiary alicyclic amines) is 1. The Morgan fingerprint density at radius 1 is 1.77 bits per heavy atom. The SMILES string of the molecule is CCCC(CO)N1CC(N)CC1=O. The van der Waals surface area contributed by atoms with E-state index >= 15 is 0 Å². The number of hydrogen-bond donors (Lipinski definition) is 2. The minimum absolute atomic E-state index is 0.0222. The van der Waals surface area contributed by atoms with Crippen molar-refractivity contribution in [3.63, 3.8) is 0 Å². The Morgan fingerprint density at radius 2 is 2.46 bits per heavy atom. The minimum atomic E-state index is -0.0431. The van der Waals surface area contributed by atoms with Gasteiger partial charge in [-0.2, -0.15) is 0 Å². The molecule has 0 aliphatic carbocycles. The molecule has 13 heavy (non-hydrogen) atoms. The number of carbonyl (C=O) groups is 1. The van der Waals surface area contributed by atoms with Gasteiger partial charge in [0.1, 0.15) is 0 Å². The van der Waals surface area contributed by atoms with Gasteiger partial charge in [-0.15, -0.1) is 0 Å². The lowest BCUT2D eigenvalue weighted by atomic mass is 10.1. The fourth-order valence-corrected chi connectivity index (χ4v) is 1.79. The molecule has 3 N–H and O–H groups in total. The largest absolute Gasteiger partial charge is 0.394 e. The third-order valence-corrected chi connectivity index (χ3v) is 2.46. The highest BCUT2D eigenvalue weighted by molar-refractivity contribution is 5.79. The van der Waals surface area contributed by atoms with Gasteiger partial charge in [0.25, 0.3) is 0 Å². The summed E-state index contributed by atoms with van der Waals surface area (Å²) in [5.74, 6) is 0.0833. The normalized spacial score (nSPS) is 25.3. The zero-order valence-electron chi connectivity index (χ0n) is 8.07. The molecule has 0 aromatic rings. The van der Waals surface area contributed by atoms with E-state index in [-0.39, 0.29) is 24.6 Å². The second-order valence-electron chi connectivity index (χ2n) is 3.64. The van der Waals surface area contributed by atoms with Gasteiger partial charge in [0.2, 0.25) is 5.91 Å². The summed E-state index contributed by atoms with van der Waals surface area (Å²) < 4.78 is 0. The van der Waals surface area contributed by atoms with E-state index in [0.717, 1.165) is 12.8 Å². The van der Waals surface area contributed by atoms with Crippen molar-refractivity contribution in [1.29, 1.82) is 0 Å². The Kier molecular flexibility index (Phi) is 3.69. The molecule has 0 spiro atoms. The van der Waals surface area contributed by atoms with Crippen molar-refractivity contribution in [1.82, 2.24) is 4.90 Å². The first-order chi connectivity index (χ1) is 6.19. The van der Waals surface area contributed by atoms with Crippen LogP contribution in [0.25, 0.3) is 0 Å². The van der Waals surface area contributed by atoms with Crippen LogP contribution in [0.2, 0.25) is 0 Å². The van der Waals surface area contributed by atoms with E-state index in [9.17, 15) is 4.79 Å². The highest BCUT2D eigenvalue weighted by Crippen LogP contribution is 2.15. The molecule has 0 radical (unpaired) electrons. The first kappa shape index (κ1) is 10.5. The Balaban J connectivity index is 2.53. The maximum Gasteiger partial charge on any atom is 0.224 e. The lowest BCUT2D eigenvalue weighted by Gasteiger charge is -2.25. The van der Waals surface area contributed by atoms with Gasteiger partial charge in [0.15, 0.2) is 0 Å². The highest BCUT2D eigenvalue weighted by atomic mass is 16.3. The van der Waals surface area contributed by atoms with Crippen LogP contribution in [-0.4, -0.2) is 41.1 Å². The van der Waals surface area contributed by atoms with Crippen molar-refractivity contribution >= 4 is 5.91 Å². The molecular weight excluding hydrogens is 168 g/mol. The van der Waals surface area contributed by atoms with E-state index in [1.54, 1.807) is 4.90 Å². The zero-order chi connectivity index (χ0) is 9.84. The molecule has 0 aromatic carbocycles. The van der Waals surface area contributed by atoms with Crippen molar-refractivity contribution in [2.75, 3.05) is 13.2 Å². The molecule has 0 saturated carbocycles. The van der Waals surface area contributed by atoms with Gasteiger partial charge in [-0.25, -0.2) is 0 Å². The summed E-state index contributed by atoms with van der Waals surface area (Å²) in [6.07, 6.45) is 2.26. The molecule has 1 saturated heterocycles.